The third kappa shape index (κ3) is 3.18. The molecule has 0 radical (unpaired) electrons. The van der Waals surface area contributed by atoms with Crippen LogP contribution in [0.1, 0.15) is 34.5 Å². The van der Waals surface area contributed by atoms with Gasteiger partial charge in [0.05, 0.1) is 16.8 Å². The Hall–Kier alpha value is -1.80. The number of hydrogen-bond acceptors (Lipinski definition) is 5. The number of nitrogens with one attached hydrogen (secondary N) is 2. The van der Waals surface area contributed by atoms with E-state index < -0.39 is 0 Å². The van der Waals surface area contributed by atoms with Gasteiger partial charge in [-0.2, -0.15) is 0 Å². The van der Waals surface area contributed by atoms with E-state index in [9.17, 15) is 4.79 Å². The van der Waals surface area contributed by atoms with Gasteiger partial charge in [-0.05, 0) is 30.5 Å². The predicted molar refractivity (Wildman–Crippen MR) is 114 cm³/mol. The van der Waals surface area contributed by atoms with Gasteiger partial charge in [0, 0.05) is 33.5 Å². The van der Waals surface area contributed by atoms with Gasteiger partial charge >= 0.3 is 0 Å². The van der Waals surface area contributed by atoms with E-state index >= 15 is 0 Å². The third-order valence-corrected chi connectivity index (χ3v) is 8.16. The van der Waals surface area contributed by atoms with Crippen LogP contribution in [0.15, 0.2) is 39.8 Å². The summed E-state index contributed by atoms with van der Waals surface area (Å²) in [5.74, 6) is 0.807. The molecule has 4 aromatic rings. The molecular formula is C20H20N3OS3+. The molecule has 4 aromatic heterocycles. The van der Waals surface area contributed by atoms with Gasteiger partial charge in [0.15, 0.2) is 5.82 Å². The summed E-state index contributed by atoms with van der Waals surface area (Å²) < 4.78 is 0. The second-order valence-corrected chi connectivity index (χ2v) is 10.2. The fourth-order valence-electron chi connectivity index (χ4n) is 4.01. The summed E-state index contributed by atoms with van der Waals surface area (Å²) in [7, 11) is 0. The molecular weight excluding hydrogens is 394 g/mol. The minimum atomic E-state index is -0.0106. The van der Waals surface area contributed by atoms with Gasteiger partial charge in [-0.15, -0.1) is 34.0 Å². The number of likely N-dealkylation sites (tertiary alicyclic amines) is 1. The number of aromatic amines is 1. The molecule has 2 atom stereocenters. The van der Waals surface area contributed by atoms with Gasteiger partial charge in [-0.3, -0.25) is 4.79 Å². The van der Waals surface area contributed by atoms with Crippen LogP contribution < -0.4 is 10.5 Å². The summed E-state index contributed by atoms with van der Waals surface area (Å²) in [5, 5.41) is 4.95. The van der Waals surface area contributed by atoms with E-state index in [0.717, 1.165) is 39.6 Å². The largest absolute Gasteiger partial charge is 0.322 e. The Bertz CT molecular complexity index is 1140. The molecule has 1 unspecified atom stereocenters. The Labute approximate surface area is 169 Å². The van der Waals surface area contributed by atoms with E-state index in [0.29, 0.717) is 6.04 Å². The van der Waals surface area contributed by atoms with Crippen LogP contribution in [0.4, 0.5) is 0 Å². The summed E-state index contributed by atoms with van der Waals surface area (Å²) in [4.78, 5) is 26.9. The molecule has 0 spiro atoms. The highest BCUT2D eigenvalue weighted by Crippen LogP contribution is 2.35. The Balaban J connectivity index is 1.48. The molecule has 0 saturated carbocycles. The second kappa shape index (κ2) is 6.98. The molecule has 0 aliphatic carbocycles. The smallest absolute Gasteiger partial charge is 0.260 e. The summed E-state index contributed by atoms with van der Waals surface area (Å²) in [6.07, 6.45) is 2.44. The molecule has 4 nitrogen and oxygen atoms in total. The van der Waals surface area contributed by atoms with Gasteiger partial charge in [0.25, 0.3) is 5.56 Å². The number of nitrogens with zero attached hydrogens (tertiary/aromatic N) is 1. The van der Waals surface area contributed by atoms with Crippen LogP contribution in [0.2, 0.25) is 0 Å². The first kappa shape index (κ1) is 17.3. The lowest BCUT2D eigenvalue weighted by Crippen LogP contribution is -3.09. The minimum Gasteiger partial charge on any atom is -0.322 e. The van der Waals surface area contributed by atoms with E-state index in [2.05, 4.69) is 46.9 Å². The van der Waals surface area contributed by atoms with Gasteiger partial charge in [0.2, 0.25) is 0 Å². The van der Waals surface area contributed by atoms with Gasteiger partial charge in [-0.1, -0.05) is 6.07 Å². The highest BCUT2D eigenvalue weighted by atomic mass is 32.1. The number of hydrogen-bond donors (Lipinski definition) is 2. The zero-order chi connectivity index (χ0) is 18.4. The Morgan fingerprint density at radius 3 is 3.00 bits per heavy atom. The van der Waals surface area contributed by atoms with Gasteiger partial charge in [0.1, 0.15) is 17.4 Å². The number of rotatable bonds is 4. The number of thiophene rings is 3. The SMILES string of the molecule is Cc1ccc(-c2csc3nc(C[NH+]4CCC[C@@H]4c4cccs4)[nH]c(=O)c23)s1. The molecule has 1 saturated heterocycles. The van der Waals surface area contributed by atoms with Crippen LogP contribution in [0.5, 0.6) is 0 Å². The summed E-state index contributed by atoms with van der Waals surface area (Å²) >= 11 is 5.13. The molecule has 1 aliphatic rings. The minimum absolute atomic E-state index is 0.0106. The molecule has 0 amide bonds. The van der Waals surface area contributed by atoms with Crippen LogP contribution in [0.3, 0.4) is 0 Å². The van der Waals surface area contributed by atoms with Crippen molar-refractivity contribution in [1.82, 2.24) is 9.97 Å². The molecule has 0 bridgehead atoms. The lowest BCUT2D eigenvalue weighted by molar-refractivity contribution is -0.932. The monoisotopic (exact) mass is 414 g/mol. The van der Waals surface area contributed by atoms with Crippen LogP contribution in [0, 0.1) is 6.92 Å². The molecule has 5 heterocycles. The first-order valence-corrected chi connectivity index (χ1v) is 11.7. The van der Waals surface area contributed by atoms with E-state index in [-0.39, 0.29) is 5.56 Å². The fraction of sp³-hybridized carbons (Fsp3) is 0.300. The summed E-state index contributed by atoms with van der Waals surface area (Å²) in [6, 6.07) is 9.07. The van der Waals surface area contributed by atoms with Crippen LogP contribution in [-0.2, 0) is 6.54 Å². The Kier molecular flexibility index (Phi) is 4.47. The summed E-state index contributed by atoms with van der Waals surface area (Å²) in [6.45, 7) is 4.00. The van der Waals surface area contributed by atoms with Crippen LogP contribution >= 0.6 is 34.0 Å². The second-order valence-electron chi connectivity index (χ2n) is 7.05. The molecule has 138 valence electrons. The number of aromatic nitrogens is 2. The average molecular weight is 415 g/mol. The lowest BCUT2D eigenvalue weighted by Gasteiger charge is -2.19. The zero-order valence-electron chi connectivity index (χ0n) is 15.0. The topological polar surface area (TPSA) is 50.2 Å². The molecule has 7 heteroatoms. The molecule has 27 heavy (non-hydrogen) atoms. The van der Waals surface area contributed by atoms with Crippen molar-refractivity contribution in [3.63, 3.8) is 0 Å². The van der Waals surface area contributed by atoms with Crippen molar-refractivity contribution in [3.05, 3.63) is 61.0 Å². The Morgan fingerprint density at radius 1 is 1.30 bits per heavy atom. The standard InChI is InChI=1S/C20H19N3OS3/c1-12-6-7-15(27-12)13-11-26-20-18(13)19(24)21-17(22-20)10-23-8-2-4-14(23)16-5-3-9-25-16/h3,5-7,9,11,14H,2,4,8,10H2,1H3,(H,21,22,24)/p+1/t14-/m1/s1. The van der Waals surface area contributed by atoms with E-state index in [1.807, 2.05) is 11.3 Å². The number of H-pyrrole nitrogens is 1. The van der Waals surface area contributed by atoms with Crippen molar-refractivity contribution in [2.45, 2.75) is 32.4 Å². The van der Waals surface area contributed by atoms with Crippen molar-refractivity contribution in [2.24, 2.45) is 0 Å². The fourth-order valence-corrected chi connectivity index (χ4v) is 6.85. The van der Waals surface area contributed by atoms with E-state index in [4.69, 9.17) is 4.98 Å². The highest BCUT2D eigenvalue weighted by Gasteiger charge is 2.31. The van der Waals surface area contributed by atoms with Crippen molar-refractivity contribution in [1.29, 1.82) is 0 Å². The Morgan fingerprint density at radius 2 is 2.22 bits per heavy atom. The molecule has 0 aromatic carbocycles. The lowest BCUT2D eigenvalue weighted by atomic mass is 10.2. The van der Waals surface area contributed by atoms with E-state index in [1.165, 1.54) is 27.5 Å². The maximum Gasteiger partial charge on any atom is 0.260 e. The van der Waals surface area contributed by atoms with Crippen molar-refractivity contribution >= 4 is 44.2 Å². The zero-order valence-corrected chi connectivity index (χ0v) is 17.4. The summed E-state index contributed by atoms with van der Waals surface area (Å²) in [5.41, 5.74) is 1.00. The van der Waals surface area contributed by atoms with Crippen molar-refractivity contribution in [3.8, 4) is 10.4 Å². The number of aryl methyl sites for hydroxylation is 1. The van der Waals surface area contributed by atoms with Crippen LogP contribution in [0.25, 0.3) is 20.7 Å². The molecule has 5 rings (SSSR count). The van der Waals surface area contributed by atoms with Crippen molar-refractivity contribution in [2.75, 3.05) is 6.54 Å². The first-order valence-electron chi connectivity index (χ1n) is 9.14. The third-order valence-electron chi connectivity index (χ3n) is 5.26. The first-order chi connectivity index (χ1) is 13.2. The van der Waals surface area contributed by atoms with E-state index in [1.54, 1.807) is 22.7 Å². The van der Waals surface area contributed by atoms with Crippen molar-refractivity contribution < 1.29 is 4.90 Å². The normalized spacial score (nSPS) is 19.9. The maximum atomic E-state index is 12.9. The van der Waals surface area contributed by atoms with Gasteiger partial charge in [-0.25, -0.2) is 4.98 Å². The number of quaternary nitrogens is 1. The molecule has 1 fully saturated rings. The highest BCUT2D eigenvalue weighted by molar-refractivity contribution is 7.19. The number of fused-ring (bicyclic) bond motifs is 1. The predicted octanol–water partition coefficient (Wildman–Crippen LogP) is 4.00. The molecule has 2 N–H and O–H groups in total. The van der Waals surface area contributed by atoms with Crippen LogP contribution in [-0.4, -0.2) is 16.5 Å². The molecule has 1 aliphatic heterocycles. The maximum absolute atomic E-state index is 12.9. The van der Waals surface area contributed by atoms with Gasteiger partial charge < -0.3 is 9.88 Å². The quantitative estimate of drug-likeness (QED) is 0.530. The average Bonchev–Trinajstić information content (AvgIpc) is 3.41.